The number of benzene rings is 2. The number of carbonyl (C=O) groups is 1. The van der Waals surface area contributed by atoms with E-state index >= 15 is 0 Å². The summed E-state index contributed by atoms with van der Waals surface area (Å²) < 4.78 is 26.0. The normalized spacial score (nSPS) is 12.5. The summed E-state index contributed by atoms with van der Waals surface area (Å²) in [7, 11) is -3.70. The molecule has 2 aromatic rings. The molecular formula is C19H22Cl2N2O3S. The number of nitrogens with zero attached hydrogens (tertiary/aromatic N) is 1. The number of rotatable bonds is 7. The van der Waals surface area contributed by atoms with Gasteiger partial charge in [0.15, 0.2) is 0 Å². The number of halogens is 2. The lowest BCUT2D eigenvalue weighted by atomic mass is 10.1. The average Bonchev–Trinajstić information content (AvgIpc) is 2.60. The van der Waals surface area contributed by atoms with Crippen LogP contribution in [-0.4, -0.2) is 26.6 Å². The summed E-state index contributed by atoms with van der Waals surface area (Å²) in [6.07, 6.45) is 1.39. The Kier molecular flexibility index (Phi) is 7.14. The standard InChI is InChI=1S/C19H22Cl2N2O3S/c1-4-18(19(24)22-12-14-6-8-15(20)9-7-14)23(27(3,25)26)16-10-5-13(2)17(21)11-16/h5-11,18H,4,12H2,1-3H3,(H,22,24). The minimum atomic E-state index is -3.70. The van der Waals surface area contributed by atoms with Crippen LogP contribution in [0.1, 0.15) is 24.5 Å². The Labute approximate surface area is 170 Å². The first kappa shape index (κ1) is 21.5. The van der Waals surface area contributed by atoms with Crippen LogP contribution in [-0.2, 0) is 21.4 Å². The molecule has 27 heavy (non-hydrogen) atoms. The summed E-state index contributed by atoms with van der Waals surface area (Å²) >= 11 is 12.0. The fraction of sp³-hybridized carbons (Fsp3) is 0.316. The third-order valence-electron chi connectivity index (χ3n) is 4.12. The van der Waals surface area contributed by atoms with Crippen molar-refractivity contribution in [2.75, 3.05) is 10.6 Å². The number of anilines is 1. The van der Waals surface area contributed by atoms with Gasteiger partial charge in [-0.1, -0.05) is 48.3 Å². The van der Waals surface area contributed by atoms with E-state index in [0.29, 0.717) is 22.2 Å². The van der Waals surface area contributed by atoms with Crippen molar-refractivity contribution in [1.29, 1.82) is 0 Å². The van der Waals surface area contributed by atoms with E-state index in [1.165, 1.54) is 0 Å². The molecule has 0 bridgehead atoms. The molecule has 146 valence electrons. The van der Waals surface area contributed by atoms with Gasteiger partial charge in [-0.25, -0.2) is 8.42 Å². The van der Waals surface area contributed by atoms with Crippen LogP contribution in [0, 0.1) is 6.92 Å². The molecule has 0 aliphatic heterocycles. The van der Waals surface area contributed by atoms with E-state index < -0.39 is 16.1 Å². The van der Waals surface area contributed by atoms with E-state index in [2.05, 4.69) is 5.32 Å². The van der Waals surface area contributed by atoms with Crippen LogP contribution in [0.5, 0.6) is 0 Å². The van der Waals surface area contributed by atoms with Crippen molar-refractivity contribution in [3.63, 3.8) is 0 Å². The van der Waals surface area contributed by atoms with Crippen LogP contribution < -0.4 is 9.62 Å². The van der Waals surface area contributed by atoms with E-state index in [9.17, 15) is 13.2 Å². The van der Waals surface area contributed by atoms with Gasteiger partial charge < -0.3 is 5.32 Å². The fourth-order valence-corrected chi connectivity index (χ4v) is 4.19. The van der Waals surface area contributed by atoms with Gasteiger partial charge in [-0.05, 0) is 48.7 Å². The summed E-state index contributed by atoms with van der Waals surface area (Å²) in [5, 5.41) is 3.85. The van der Waals surface area contributed by atoms with E-state index in [1.54, 1.807) is 49.4 Å². The van der Waals surface area contributed by atoms with Crippen LogP contribution in [0.3, 0.4) is 0 Å². The van der Waals surface area contributed by atoms with Crippen molar-refractivity contribution in [1.82, 2.24) is 5.32 Å². The number of aryl methyl sites for hydroxylation is 1. The van der Waals surface area contributed by atoms with Crippen molar-refractivity contribution in [3.05, 3.63) is 63.6 Å². The highest BCUT2D eigenvalue weighted by molar-refractivity contribution is 7.92. The highest BCUT2D eigenvalue weighted by atomic mass is 35.5. The molecule has 0 heterocycles. The molecule has 0 aliphatic rings. The molecule has 1 N–H and O–H groups in total. The molecule has 5 nitrogen and oxygen atoms in total. The smallest absolute Gasteiger partial charge is 0.244 e. The molecule has 1 atom stereocenters. The molecule has 1 unspecified atom stereocenters. The van der Waals surface area contributed by atoms with Crippen LogP contribution in [0.4, 0.5) is 5.69 Å². The third-order valence-corrected chi connectivity index (χ3v) is 5.96. The van der Waals surface area contributed by atoms with E-state index in [1.807, 2.05) is 6.92 Å². The Morgan fingerprint density at radius 3 is 2.30 bits per heavy atom. The average molecular weight is 429 g/mol. The maximum Gasteiger partial charge on any atom is 0.244 e. The van der Waals surface area contributed by atoms with Crippen LogP contribution in [0.15, 0.2) is 42.5 Å². The number of hydrogen-bond acceptors (Lipinski definition) is 3. The molecule has 8 heteroatoms. The molecule has 0 fully saturated rings. The highest BCUT2D eigenvalue weighted by Crippen LogP contribution is 2.27. The van der Waals surface area contributed by atoms with E-state index in [0.717, 1.165) is 21.7 Å². The second kappa shape index (κ2) is 8.95. The lowest BCUT2D eigenvalue weighted by Gasteiger charge is -2.30. The topological polar surface area (TPSA) is 66.5 Å². The number of amides is 1. The predicted octanol–water partition coefficient (Wildman–Crippen LogP) is 4.16. The lowest BCUT2D eigenvalue weighted by Crippen LogP contribution is -2.49. The highest BCUT2D eigenvalue weighted by Gasteiger charge is 2.31. The Balaban J connectivity index is 2.27. The predicted molar refractivity (Wildman–Crippen MR) is 111 cm³/mol. The molecule has 1 amide bonds. The van der Waals surface area contributed by atoms with Crippen molar-refractivity contribution in [3.8, 4) is 0 Å². The van der Waals surface area contributed by atoms with Gasteiger partial charge in [-0.2, -0.15) is 0 Å². The number of sulfonamides is 1. The Hall–Kier alpha value is -1.76. The molecule has 0 spiro atoms. The summed E-state index contributed by atoms with van der Waals surface area (Å²) in [6, 6.07) is 11.1. The first-order valence-corrected chi connectivity index (χ1v) is 11.0. The lowest BCUT2D eigenvalue weighted by molar-refractivity contribution is -0.122. The molecule has 0 saturated heterocycles. The third kappa shape index (κ3) is 5.61. The van der Waals surface area contributed by atoms with Crippen LogP contribution in [0.25, 0.3) is 0 Å². The number of nitrogens with one attached hydrogen (secondary N) is 1. The van der Waals surface area contributed by atoms with Gasteiger partial charge in [0, 0.05) is 16.6 Å². The zero-order valence-electron chi connectivity index (χ0n) is 15.4. The summed E-state index contributed by atoms with van der Waals surface area (Å²) in [5.74, 6) is -0.380. The largest absolute Gasteiger partial charge is 0.350 e. The minimum absolute atomic E-state index is 0.277. The minimum Gasteiger partial charge on any atom is -0.350 e. The van der Waals surface area contributed by atoms with Crippen molar-refractivity contribution in [2.45, 2.75) is 32.9 Å². The Morgan fingerprint density at radius 1 is 1.15 bits per heavy atom. The molecule has 0 aliphatic carbocycles. The van der Waals surface area contributed by atoms with Crippen LogP contribution in [0.2, 0.25) is 10.0 Å². The van der Waals surface area contributed by atoms with Gasteiger partial charge in [0.25, 0.3) is 0 Å². The zero-order valence-corrected chi connectivity index (χ0v) is 17.7. The molecule has 0 aromatic heterocycles. The second-order valence-electron chi connectivity index (χ2n) is 6.26. The quantitative estimate of drug-likeness (QED) is 0.719. The van der Waals surface area contributed by atoms with Gasteiger partial charge in [0.05, 0.1) is 11.9 Å². The second-order valence-corrected chi connectivity index (χ2v) is 8.96. The summed E-state index contributed by atoms with van der Waals surface area (Å²) in [5.41, 5.74) is 2.06. The number of hydrogen-bond donors (Lipinski definition) is 1. The van der Waals surface area contributed by atoms with Gasteiger partial charge in [0.1, 0.15) is 6.04 Å². The van der Waals surface area contributed by atoms with Crippen molar-refractivity contribution < 1.29 is 13.2 Å². The SMILES string of the molecule is CCC(C(=O)NCc1ccc(Cl)cc1)N(c1ccc(C)c(Cl)c1)S(C)(=O)=O. The van der Waals surface area contributed by atoms with Crippen molar-refractivity contribution in [2.24, 2.45) is 0 Å². The summed E-state index contributed by atoms with van der Waals surface area (Å²) in [4.78, 5) is 12.8. The van der Waals surface area contributed by atoms with Gasteiger partial charge in [-0.3, -0.25) is 9.10 Å². The maximum absolute atomic E-state index is 12.8. The molecule has 2 rings (SSSR count). The van der Waals surface area contributed by atoms with E-state index in [-0.39, 0.29) is 12.5 Å². The van der Waals surface area contributed by atoms with Crippen LogP contribution >= 0.6 is 23.2 Å². The van der Waals surface area contributed by atoms with Crippen molar-refractivity contribution >= 4 is 44.8 Å². The van der Waals surface area contributed by atoms with Gasteiger partial charge >= 0.3 is 0 Å². The molecule has 2 aromatic carbocycles. The van der Waals surface area contributed by atoms with Gasteiger partial charge in [-0.15, -0.1) is 0 Å². The Morgan fingerprint density at radius 2 is 1.78 bits per heavy atom. The fourth-order valence-electron chi connectivity index (χ4n) is 2.69. The maximum atomic E-state index is 12.8. The zero-order chi connectivity index (χ0) is 20.2. The summed E-state index contributed by atoms with van der Waals surface area (Å²) in [6.45, 7) is 3.87. The van der Waals surface area contributed by atoms with Gasteiger partial charge in [0.2, 0.25) is 15.9 Å². The van der Waals surface area contributed by atoms with E-state index in [4.69, 9.17) is 23.2 Å². The molecular weight excluding hydrogens is 407 g/mol. The first-order chi connectivity index (χ1) is 12.6. The molecule has 0 radical (unpaired) electrons. The number of carbonyl (C=O) groups excluding carboxylic acids is 1. The Bertz CT molecular complexity index is 915. The first-order valence-electron chi connectivity index (χ1n) is 8.41. The molecule has 0 saturated carbocycles. The monoisotopic (exact) mass is 428 g/mol.